The van der Waals surface area contributed by atoms with Crippen molar-refractivity contribution < 1.29 is 13.2 Å². The lowest BCUT2D eigenvalue weighted by Gasteiger charge is -2.05. The van der Waals surface area contributed by atoms with E-state index < -0.39 is 10.0 Å². The molecule has 0 atom stereocenters. The van der Waals surface area contributed by atoms with Crippen LogP contribution in [0.4, 0.5) is 10.8 Å². The molecule has 1 aromatic heterocycles. The van der Waals surface area contributed by atoms with Crippen molar-refractivity contribution in [2.24, 2.45) is 0 Å². The molecule has 0 aliphatic rings. The third-order valence-electron chi connectivity index (χ3n) is 2.29. The fourth-order valence-corrected chi connectivity index (χ4v) is 2.71. The van der Waals surface area contributed by atoms with Gasteiger partial charge in [-0.1, -0.05) is 0 Å². The highest BCUT2D eigenvalue weighted by atomic mass is 32.2. The Morgan fingerprint density at radius 1 is 1.25 bits per heavy atom. The van der Waals surface area contributed by atoms with Gasteiger partial charge in [0.25, 0.3) is 5.91 Å². The number of rotatable bonds is 4. The number of anilines is 2. The molecule has 8 heteroatoms. The smallest absolute Gasteiger partial charge is 0.257 e. The molecule has 6 nitrogen and oxygen atoms in total. The summed E-state index contributed by atoms with van der Waals surface area (Å²) in [4.78, 5) is 17.0. The molecule has 0 bridgehead atoms. The minimum atomic E-state index is -3.31. The van der Waals surface area contributed by atoms with Gasteiger partial charge in [-0.15, -0.1) is 11.3 Å². The maximum absolute atomic E-state index is 11.9. The van der Waals surface area contributed by atoms with Crippen LogP contribution in [0.2, 0.25) is 0 Å². The number of carbonyl (C=O) groups excluding carboxylic acids is 1. The summed E-state index contributed by atoms with van der Waals surface area (Å²) in [7, 11) is -3.31. The lowest BCUT2D eigenvalue weighted by atomic mass is 10.2. The lowest BCUT2D eigenvalue weighted by Crippen LogP contribution is -2.12. The third-order valence-corrected chi connectivity index (χ3v) is 3.73. The molecule has 1 aromatic carbocycles. The van der Waals surface area contributed by atoms with E-state index in [2.05, 4.69) is 15.0 Å². The molecule has 1 amide bonds. The zero-order chi connectivity index (χ0) is 14.8. The Morgan fingerprint density at radius 3 is 2.40 bits per heavy atom. The van der Waals surface area contributed by atoms with Crippen LogP contribution in [0.3, 0.4) is 0 Å². The van der Waals surface area contributed by atoms with E-state index in [0.717, 1.165) is 11.1 Å². The van der Waals surface area contributed by atoms with Gasteiger partial charge in [-0.05, 0) is 31.2 Å². The van der Waals surface area contributed by atoms with E-state index >= 15 is 0 Å². The number of benzene rings is 1. The molecule has 0 unspecified atom stereocenters. The minimum absolute atomic E-state index is 0.287. The molecule has 0 aliphatic heterocycles. The number of carbonyl (C=O) groups is 1. The molecular formula is C12H13N3O3S2. The van der Waals surface area contributed by atoms with Gasteiger partial charge >= 0.3 is 0 Å². The Hall–Kier alpha value is -1.93. The fourth-order valence-electron chi connectivity index (χ4n) is 1.49. The topological polar surface area (TPSA) is 88.2 Å². The van der Waals surface area contributed by atoms with Crippen molar-refractivity contribution in [3.63, 3.8) is 0 Å². The van der Waals surface area contributed by atoms with Crippen molar-refractivity contribution in [1.29, 1.82) is 0 Å². The minimum Gasteiger partial charge on any atom is -0.298 e. The van der Waals surface area contributed by atoms with Gasteiger partial charge in [0.2, 0.25) is 10.0 Å². The van der Waals surface area contributed by atoms with Crippen molar-refractivity contribution in [2.75, 3.05) is 16.3 Å². The first-order chi connectivity index (χ1) is 9.33. The van der Waals surface area contributed by atoms with Crippen molar-refractivity contribution in [3.05, 3.63) is 40.9 Å². The van der Waals surface area contributed by atoms with Crippen LogP contribution in [-0.2, 0) is 10.0 Å². The quantitative estimate of drug-likeness (QED) is 0.905. The van der Waals surface area contributed by atoms with Crippen molar-refractivity contribution in [3.8, 4) is 0 Å². The number of aromatic nitrogens is 1. The third kappa shape index (κ3) is 4.04. The first-order valence-electron chi connectivity index (χ1n) is 5.65. The summed E-state index contributed by atoms with van der Waals surface area (Å²) in [5.41, 5.74) is 0.839. The standard InChI is InChI=1S/C12H13N3O3S2/c1-8-7-13-12(19-8)14-11(16)9-3-5-10(6-4-9)15-20(2,17)18/h3-7,15H,1-2H3,(H,13,14,16). The molecule has 2 aromatic rings. The summed E-state index contributed by atoms with van der Waals surface area (Å²) in [6.45, 7) is 1.90. The average Bonchev–Trinajstić information content (AvgIpc) is 2.73. The number of sulfonamides is 1. The molecule has 1 heterocycles. The fraction of sp³-hybridized carbons (Fsp3) is 0.167. The largest absolute Gasteiger partial charge is 0.298 e. The number of hydrogen-bond acceptors (Lipinski definition) is 5. The van der Waals surface area contributed by atoms with Gasteiger partial charge in [-0.25, -0.2) is 13.4 Å². The first-order valence-corrected chi connectivity index (χ1v) is 8.36. The van der Waals surface area contributed by atoms with Crippen LogP contribution in [0, 0.1) is 6.92 Å². The molecule has 0 radical (unpaired) electrons. The van der Waals surface area contributed by atoms with Gasteiger partial charge in [0, 0.05) is 22.3 Å². The Balaban J connectivity index is 2.07. The zero-order valence-corrected chi connectivity index (χ0v) is 12.5. The van der Waals surface area contributed by atoms with Crippen LogP contribution >= 0.6 is 11.3 Å². The molecule has 0 aliphatic carbocycles. The monoisotopic (exact) mass is 311 g/mol. The number of amides is 1. The highest BCUT2D eigenvalue weighted by molar-refractivity contribution is 7.92. The van der Waals surface area contributed by atoms with E-state index in [-0.39, 0.29) is 5.91 Å². The van der Waals surface area contributed by atoms with E-state index in [0.29, 0.717) is 16.4 Å². The second-order valence-corrected chi connectivity index (χ2v) is 7.16. The molecule has 106 valence electrons. The second-order valence-electron chi connectivity index (χ2n) is 4.18. The molecule has 2 rings (SSSR count). The predicted octanol–water partition coefficient (Wildman–Crippen LogP) is 2.08. The van der Waals surface area contributed by atoms with Gasteiger partial charge < -0.3 is 0 Å². The highest BCUT2D eigenvalue weighted by Gasteiger charge is 2.09. The molecule has 20 heavy (non-hydrogen) atoms. The molecule has 2 N–H and O–H groups in total. The normalized spacial score (nSPS) is 11.1. The van der Waals surface area contributed by atoms with Crippen LogP contribution in [0.25, 0.3) is 0 Å². The predicted molar refractivity (Wildman–Crippen MR) is 79.7 cm³/mol. The van der Waals surface area contributed by atoms with Crippen LogP contribution in [0.1, 0.15) is 15.2 Å². The average molecular weight is 311 g/mol. The van der Waals surface area contributed by atoms with Crippen LogP contribution < -0.4 is 10.0 Å². The summed E-state index contributed by atoms with van der Waals surface area (Å²) in [6.07, 6.45) is 2.75. The highest BCUT2D eigenvalue weighted by Crippen LogP contribution is 2.18. The first kappa shape index (κ1) is 14.5. The molecule has 0 saturated heterocycles. The van der Waals surface area contributed by atoms with Crippen molar-refractivity contribution >= 4 is 38.1 Å². The van der Waals surface area contributed by atoms with Crippen molar-refractivity contribution in [1.82, 2.24) is 4.98 Å². The number of aryl methyl sites for hydroxylation is 1. The van der Waals surface area contributed by atoms with Gasteiger partial charge in [-0.2, -0.15) is 0 Å². The lowest BCUT2D eigenvalue weighted by molar-refractivity contribution is 0.102. The van der Waals surface area contributed by atoms with E-state index in [1.807, 2.05) is 6.92 Å². The van der Waals surface area contributed by atoms with Gasteiger partial charge in [0.15, 0.2) is 5.13 Å². The van der Waals surface area contributed by atoms with Crippen LogP contribution in [0.5, 0.6) is 0 Å². The van der Waals surface area contributed by atoms with Gasteiger partial charge in [-0.3, -0.25) is 14.8 Å². The Labute approximate surface area is 120 Å². The van der Waals surface area contributed by atoms with Crippen LogP contribution in [0.15, 0.2) is 30.5 Å². The molecule has 0 fully saturated rings. The summed E-state index contributed by atoms with van der Waals surface area (Å²) in [6, 6.07) is 6.15. The maximum atomic E-state index is 11.9. The van der Waals surface area contributed by atoms with Crippen molar-refractivity contribution in [2.45, 2.75) is 6.92 Å². The Bertz CT molecular complexity index is 721. The summed E-state index contributed by atoms with van der Waals surface area (Å²) in [5, 5.41) is 3.21. The number of nitrogens with one attached hydrogen (secondary N) is 2. The molecule has 0 saturated carbocycles. The van der Waals surface area contributed by atoms with E-state index in [4.69, 9.17) is 0 Å². The van der Waals surface area contributed by atoms with Gasteiger partial charge in [0.05, 0.1) is 6.26 Å². The zero-order valence-electron chi connectivity index (χ0n) is 10.9. The second kappa shape index (κ2) is 5.59. The number of thiazole rings is 1. The molecular weight excluding hydrogens is 298 g/mol. The Morgan fingerprint density at radius 2 is 1.90 bits per heavy atom. The van der Waals surface area contributed by atoms with E-state index in [9.17, 15) is 13.2 Å². The summed E-state index contributed by atoms with van der Waals surface area (Å²) >= 11 is 1.39. The van der Waals surface area contributed by atoms with E-state index in [1.54, 1.807) is 18.3 Å². The van der Waals surface area contributed by atoms with Gasteiger partial charge in [0.1, 0.15) is 0 Å². The van der Waals surface area contributed by atoms with Crippen LogP contribution in [-0.4, -0.2) is 25.6 Å². The SMILES string of the molecule is Cc1cnc(NC(=O)c2ccc(NS(C)(=O)=O)cc2)s1. The van der Waals surface area contributed by atoms with E-state index in [1.165, 1.54) is 23.5 Å². The summed E-state index contributed by atoms with van der Waals surface area (Å²) in [5.74, 6) is -0.287. The summed E-state index contributed by atoms with van der Waals surface area (Å²) < 4.78 is 24.5. The number of hydrogen-bond donors (Lipinski definition) is 2. The maximum Gasteiger partial charge on any atom is 0.257 e. The molecule has 0 spiro atoms. The Kier molecular flexibility index (Phi) is 4.05. The number of nitrogens with zero attached hydrogens (tertiary/aromatic N) is 1.